The maximum Gasteiger partial charge on any atom is 0.480 e. The van der Waals surface area contributed by atoms with E-state index in [0.29, 0.717) is 31.1 Å². The number of fused-ring (bicyclic) bond motifs is 2. The minimum atomic E-state index is -5.57. The van der Waals surface area contributed by atoms with Crippen LogP contribution < -0.4 is 19.8 Å². The number of nitrogens with zero attached hydrogens (tertiary/aromatic N) is 4. The molecular weight excluding hydrogens is 1950 g/mol. The minimum Gasteiger partial charge on any atom is -0.481 e. The van der Waals surface area contributed by atoms with Gasteiger partial charge in [-0.2, -0.15) is 26.3 Å². The monoisotopic (exact) mass is 2090 g/mol. The maximum atomic E-state index is 11.6. The number of esters is 2. The van der Waals surface area contributed by atoms with Crippen LogP contribution in [-0.2, 0) is 97.0 Å². The normalized spacial score (nSPS) is 13.6. The number of allylic oxidation sites excluding steroid dienone is 6. The van der Waals surface area contributed by atoms with E-state index in [-0.39, 0.29) is 33.9 Å². The highest BCUT2D eigenvalue weighted by atomic mass is 32.3. The summed E-state index contributed by atoms with van der Waals surface area (Å²) in [5.41, 5.74) is 18.1. The number of rotatable bonds is 31. The molecule has 12 rings (SSSR count). The quantitative estimate of drug-likeness (QED) is 0.0178. The van der Waals surface area contributed by atoms with Crippen molar-refractivity contribution in [3.63, 3.8) is 0 Å². The van der Waals surface area contributed by atoms with E-state index in [1.807, 2.05) is 103 Å². The number of halogens is 6. The van der Waals surface area contributed by atoms with Crippen molar-refractivity contribution in [1.29, 1.82) is 0 Å². The van der Waals surface area contributed by atoms with Gasteiger partial charge in [0.1, 0.15) is 13.2 Å². The molecule has 10 aromatic rings. The van der Waals surface area contributed by atoms with Crippen LogP contribution in [0.3, 0.4) is 0 Å². The molecule has 0 saturated heterocycles. The molecule has 22 nitrogen and oxygen atoms in total. The van der Waals surface area contributed by atoms with Crippen molar-refractivity contribution >= 4 is 117 Å². The van der Waals surface area contributed by atoms with Crippen LogP contribution >= 0.6 is 0 Å². The zero-order chi connectivity index (χ0) is 107. The fourth-order valence-electron chi connectivity index (χ4n) is 13.4. The van der Waals surface area contributed by atoms with Gasteiger partial charge in [0, 0.05) is 72.0 Å². The van der Waals surface area contributed by atoms with Crippen LogP contribution in [0.1, 0.15) is 211 Å². The van der Waals surface area contributed by atoms with Crippen molar-refractivity contribution in [1.82, 2.24) is 0 Å². The standard InChI is InChI=1S/C39H42N2.C37H36N2.C13H18O2.C11H12O2.C6H12O2.C4H6O2.2C2H3F3NO3S2.2H2O/c1-6-29(5)31-19-15-30(16-20-31)27-40-38-26-25-37(35-11-9-10-12-36(35)38)39(32-17-13-28(4)14-18-32)33-21-23-34(24-22-33)41(7-2)8-3;1-5-28-14-16-29(17-15-28)26-38-36-25-24-35(33-10-8-9-11-34(33)36)37(30-18-12-27(4)13-19-30)31-20-22-32(23-21-31)39(6-2)7-3;1-4-13(2,3)12(14)15-10-11-8-6-5-7-9-11;1-9(2)11(12)13-8-10-6-4-3-5-7-10;1-4-6(2,3)5(7)8;1-3(2)4(5)6;2*1-10(7)6-11(8,9)2(3,4)5;;/h9-26,29H,6-8,27H2,1-5H3;5,8-25H,1,6-7,26H2,2-4H3;5-9H,4,10H2,1-3H3;3-7H,1,8H2,2H3;4H2,1-3H3,(H,7,8);1H2,2H3,(H,5,6);2*1H3;2*1H2/q;;;;;;2*-1;;/p+2. The summed E-state index contributed by atoms with van der Waals surface area (Å²) in [6.45, 7) is 48.6. The molecule has 0 saturated carbocycles. The number of alkyl halides is 6. The lowest BCUT2D eigenvalue weighted by Gasteiger charge is -2.22. The zero-order valence-corrected chi connectivity index (χ0v) is 89.4. The molecule has 8 N–H and O–H groups in total. The van der Waals surface area contributed by atoms with Crippen LogP contribution in [0.5, 0.6) is 0 Å². The molecule has 0 aliphatic heterocycles. The first-order chi connectivity index (χ1) is 67.9. The number of carboxylic acid groups (broad SMARTS) is 2. The van der Waals surface area contributed by atoms with E-state index < -0.39 is 70.4 Å². The van der Waals surface area contributed by atoms with E-state index in [9.17, 15) is 70.8 Å². The molecule has 3 unspecified atom stereocenters. The Bertz CT molecular complexity index is 6340. The number of aryl methyl sites for hydroxylation is 2. The van der Waals surface area contributed by atoms with Gasteiger partial charge in [-0.05, 0) is 247 Å². The lowest BCUT2D eigenvalue weighted by atomic mass is 9.83. The lowest BCUT2D eigenvalue weighted by Crippen LogP contribution is -2.71. The molecule has 0 heterocycles. The van der Waals surface area contributed by atoms with Gasteiger partial charge in [0.2, 0.25) is 11.4 Å². The number of hydrogen-bond acceptors (Lipinski definition) is 14. The van der Waals surface area contributed by atoms with Gasteiger partial charge < -0.3 is 48.7 Å². The molecular formula is C114H138F6N6O16S4. The van der Waals surface area contributed by atoms with Gasteiger partial charge >= 0.3 is 34.9 Å². The maximum absolute atomic E-state index is 11.6. The van der Waals surface area contributed by atoms with Gasteiger partial charge in [0.05, 0.1) is 22.0 Å². The van der Waals surface area contributed by atoms with E-state index >= 15 is 0 Å². The van der Waals surface area contributed by atoms with E-state index in [2.05, 4.69) is 313 Å². The van der Waals surface area contributed by atoms with Gasteiger partial charge in [-0.3, -0.25) is 18.0 Å². The van der Waals surface area contributed by atoms with E-state index in [1.54, 1.807) is 20.8 Å². The third kappa shape index (κ3) is 40.7. The van der Waals surface area contributed by atoms with Crippen molar-refractivity contribution in [2.45, 2.75) is 173 Å². The van der Waals surface area contributed by atoms with Crippen LogP contribution in [0.15, 0.2) is 310 Å². The largest absolute Gasteiger partial charge is 0.481 e. The Morgan fingerprint density at radius 2 is 0.760 bits per heavy atom. The molecule has 2 aliphatic carbocycles. The number of carbonyl (C=O) groups is 4. The number of sulfonamides is 2. The zero-order valence-electron chi connectivity index (χ0n) is 86.1. The highest BCUT2D eigenvalue weighted by Gasteiger charge is 2.40. The summed E-state index contributed by atoms with van der Waals surface area (Å²) in [7, 11) is -15.9. The highest BCUT2D eigenvalue weighted by Crippen LogP contribution is 2.41. The topological polar surface area (TPSA) is 355 Å². The number of aliphatic carboxylic acids is 2. The van der Waals surface area contributed by atoms with Crippen molar-refractivity contribution in [3.05, 3.63) is 407 Å². The minimum absolute atomic E-state index is 0. The predicted molar refractivity (Wildman–Crippen MR) is 582 cm³/mol. The van der Waals surface area contributed by atoms with Crippen LogP contribution in [0.2, 0.25) is 0 Å². The van der Waals surface area contributed by atoms with Crippen molar-refractivity contribution in [2.75, 3.05) is 48.5 Å². The number of benzene rings is 10. The van der Waals surface area contributed by atoms with E-state index in [4.69, 9.17) is 19.7 Å². The van der Waals surface area contributed by atoms with Gasteiger partial charge in [-0.15, -0.1) is 0 Å². The fourth-order valence-corrected chi connectivity index (χ4v) is 16.3. The number of nitrogens with one attached hydrogen (secondary N) is 2. The molecule has 10 aromatic carbocycles. The van der Waals surface area contributed by atoms with Gasteiger partial charge in [0.25, 0.3) is 0 Å². The summed E-state index contributed by atoms with van der Waals surface area (Å²) in [6, 6.07) is 90.4. The second-order valence-corrected chi connectivity index (χ2v) is 40.4. The molecule has 146 heavy (non-hydrogen) atoms. The summed E-state index contributed by atoms with van der Waals surface area (Å²) in [4.78, 5) is 54.7. The SMILES string of the molecule is C=C(C)C(=O)O.C=C(C)C(=O)OCc1ccccc1.C=Cc1ccc(C[NH+]=C2C=CC(=C(c3ccc(C)cc3)c3ccc(N(CC)CC)cc3)c3ccccc32)cc1.CCC(C)(C)C(=O)O.CCC(C)(C)C(=O)OCc1ccccc1.CCC(C)c1ccc(C[NH+]=C2C=CC(=C(c3ccc(C)cc3)c3ccc(N(CC)CC)cc3)c3ccccc32)cc1.CS(=O)[N-]S(=O)(=O)C(F)(F)F.CS(=O)[N-]S(=O)(=O)C(F)(F)F.O.O. The first kappa shape index (κ1) is 127. The molecule has 32 heteroatoms. The molecule has 0 fully saturated rings. The molecule has 3 atom stereocenters. The third-order valence-electron chi connectivity index (χ3n) is 23.0. The van der Waals surface area contributed by atoms with Crippen molar-refractivity contribution < 1.29 is 111 Å². The number of hydrogen-bond donors (Lipinski definition) is 4. The van der Waals surface area contributed by atoms with Crippen molar-refractivity contribution in [2.24, 2.45) is 10.8 Å². The molecule has 0 bridgehead atoms. The fraction of sp³-hybridized carbons (Fsp3) is 0.298. The van der Waals surface area contributed by atoms with Gasteiger partial charge in [-0.25, -0.2) is 36.4 Å². The van der Waals surface area contributed by atoms with E-state index in [0.717, 1.165) is 92.7 Å². The summed E-state index contributed by atoms with van der Waals surface area (Å²) in [6.07, 6.45) is 15.0. The van der Waals surface area contributed by atoms with Crippen molar-refractivity contribution in [3.8, 4) is 0 Å². The van der Waals surface area contributed by atoms with Crippen LogP contribution in [-0.4, -0.2) is 131 Å². The third-order valence-corrected chi connectivity index (χ3v) is 27.4. The Kier molecular flexibility index (Phi) is 53.3. The summed E-state index contributed by atoms with van der Waals surface area (Å²) >= 11 is 0. The average molecular weight is 2090 g/mol. The second kappa shape index (κ2) is 61.3. The Hall–Kier alpha value is -13.2. The van der Waals surface area contributed by atoms with Crippen LogP contribution in [0.4, 0.5) is 37.7 Å². The molecule has 0 spiro atoms. The summed E-state index contributed by atoms with van der Waals surface area (Å²) in [5.74, 6) is -1.53. The first-order valence-corrected chi connectivity index (χ1v) is 52.6. The number of carbonyl (C=O) groups excluding carboxylic acids is 2. The molecule has 0 aromatic heterocycles. The van der Waals surface area contributed by atoms with Crippen LogP contribution in [0.25, 0.3) is 36.6 Å². The number of carboxylic acids is 2. The Labute approximate surface area is 862 Å². The summed E-state index contributed by atoms with van der Waals surface area (Å²) in [5, 5.41) is 16.3. The first-order valence-electron chi connectivity index (χ1n) is 46.7. The molecule has 2 aliphatic rings. The number of anilines is 2. The smallest absolute Gasteiger partial charge is 0.480 e. The predicted octanol–water partition coefficient (Wildman–Crippen LogP) is 22.0. The van der Waals surface area contributed by atoms with Crippen LogP contribution in [0, 0.1) is 24.7 Å². The average Bonchev–Trinajstić information content (AvgIpc) is 0.769. The van der Waals surface area contributed by atoms with Gasteiger partial charge in [-0.1, -0.05) is 305 Å². The highest BCUT2D eigenvalue weighted by molar-refractivity contribution is 8.10. The van der Waals surface area contributed by atoms with E-state index in [1.165, 1.54) is 113 Å². The van der Waals surface area contributed by atoms with Gasteiger partial charge in [0.15, 0.2) is 33.1 Å². The Morgan fingerprint density at radius 3 is 1.03 bits per heavy atom. The summed E-state index contributed by atoms with van der Waals surface area (Å²) < 4.78 is 142. The second-order valence-electron chi connectivity index (χ2n) is 34.6. The number of ether oxygens (including phenoxy) is 2. The molecule has 0 radical (unpaired) electrons. The molecule has 0 amide bonds. The Morgan fingerprint density at radius 1 is 0.445 bits per heavy atom. The Balaban J connectivity index is 0.000000473. The lowest BCUT2D eigenvalue weighted by molar-refractivity contribution is -0.474. The molecule has 786 valence electrons.